The van der Waals surface area contributed by atoms with Crippen LogP contribution in [0.5, 0.6) is 0 Å². The fourth-order valence-corrected chi connectivity index (χ4v) is 2.08. The van der Waals surface area contributed by atoms with Gasteiger partial charge in [0.05, 0.1) is 11.1 Å². The molecule has 1 saturated carbocycles. The van der Waals surface area contributed by atoms with Crippen LogP contribution in [0, 0.1) is 11.6 Å². The van der Waals surface area contributed by atoms with Crippen molar-refractivity contribution in [3.8, 4) is 0 Å². The number of aliphatic imine (C=N–C) groups is 1. The Morgan fingerprint density at radius 2 is 2.06 bits per heavy atom. The van der Waals surface area contributed by atoms with Crippen molar-refractivity contribution in [1.82, 2.24) is 0 Å². The highest BCUT2D eigenvalue weighted by Gasteiger charge is 2.40. The molecule has 2 rings (SSSR count). The molecule has 18 heavy (non-hydrogen) atoms. The maximum absolute atomic E-state index is 13.4. The van der Waals surface area contributed by atoms with Crippen LogP contribution in [0.25, 0.3) is 0 Å². The second-order valence-corrected chi connectivity index (χ2v) is 4.21. The second kappa shape index (κ2) is 4.31. The number of isocyanates is 1. The summed E-state index contributed by atoms with van der Waals surface area (Å²) in [5.74, 6) is -4.22. The van der Waals surface area contributed by atoms with Gasteiger partial charge in [0.15, 0.2) is 11.6 Å². The molecule has 0 radical (unpaired) electrons. The Bertz CT molecular complexity index is 561. The molecule has 1 aromatic carbocycles. The molecule has 1 N–H and O–H groups in total. The van der Waals surface area contributed by atoms with E-state index in [1.165, 1.54) is 6.08 Å². The predicted octanol–water partition coefficient (Wildman–Crippen LogP) is 2.38. The minimum Gasteiger partial charge on any atom is -0.478 e. The minimum atomic E-state index is -1.56. The Kier molecular flexibility index (Phi) is 2.97. The number of benzene rings is 1. The van der Waals surface area contributed by atoms with Crippen LogP contribution in [0.1, 0.15) is 35.2 Å². The molecule has 1 aliphatic rings. The lowest BCUT2D eigenvalue weighted by Crippen LogP contribution is -2.32. The number of halogens is 2. The van der Waals surface area contributed by atoms with Crippen LogP contribution in [0.2, 0.25) is 0 Å². The van der Waals surface area contributed by atoms with Gasteiger partial charge >= 0.3 is 5.97 Å². The van der Waals surface area contributed by atoms with Gasteiger partial charge in [0.25, 0.3) is 0 Å². The van der Waals surface area contributed by atoms with E-state index >= 15 is 0 Å². The van der Waals surface area contributed by atoms with E-state index in [2.05, 4.69) is 4.99 Å². The summed E-state index contributed by atoms with van der Waals surface area (Å²) in [6, 6.07) is 1.92. The highest BCUT2D eigenvalue weighted by atomic mass is 19.2. The normalized spacial score (nSPS) is 16.6. The first-order chi connectivity index (χ1) is 8.50. The first-order valence-electron chi connectivity index (χ1n) is 5.32. The molecule has 6 heteroatoms. The molecule has 0 bridgehead atoms. The molecule has 0 atom stereocenters. The van der Waals surface area contributed by atoms with Crippen LogP contribution in [0.15, 0.2) is 17.1 Å². The molecular formula is C12H9F2NO3. The van der Waals surface area contributed by atoms with Crippen molar-refractivity contribution >= 4 is 12.0 Å². The van der Waals surface area contributed by atoms with Gasteiger partial charge in [-0.3, -0.25) is 0 Å². The largest absolute Gasteiger partial charge is 0.478 e. The molecule has 0 amide bonds. The summed E-state index contributed by atoms with van der Waals surface area (Å²) >= 11 is 0. The molecule has 0 heterocycles. The van der Waals surface area contributed by atoms with Crippen LogP contribution in [-0.4, -0.2) is 17.2 Å². The van der Waals surface area contributed by atoms with Gasteiger partial charge in [0.1, 0.15) is 0 Å². The lowest BCUT2D eigenvalue weighted by Gasteiger charge is -2.37. The van der Waals surface area contributed by atoms with Gasteiger partial charge in [-0.25, -0.2) is 18.4 Å². The third kappa shape index (κ3) is 1.80. The number of hydrogen-bond acceptors (Lipinski definition) is 3. The molecule has 1 aromatic rings. The van der Waals surface area contributed by atoms with Gasteiger partial charge in [0.2, 0.25) is 6.08 Å². The standard InChI is InChI=1S/C12H9F2NO3/c13-9-5-7(4-8(10(9)14)11(17)18)12(15-6-16)2-1-3-12/h4-5H,1-3H2,(H,17,18). The van der Waals surface area contributed by atoms with Crippen LogP contribution in [0.4, 0.5) is 8.78 Å². The highest BCUT2D eigenvalue weighted by Crippen LogP contribution is 2.45. The van der Waals surface area contributed by atoms with Crippen molar-refractivity contribution in [3.63, 3.8) is 0 Å². The van der Waals surface area contributed by atoms with Crippen molar-refractivity contribution in [2.24, 2.45) is 4.99 Å². The van der Waals surface area contributed by atoms with E-state index in [9.17, 15) is 18.4 Å². The maximum Gasteiger partial charge on any atom is 0.338 e. The zero-order valence-electron chi connectivity index (χ0n) is 9.24. The van der Waals surface area contributed by atoms with E-state index in [1.807, 2.05) is 0 Å². The average Bonchev–Trinajstić information content (AvgIpc) is 2.26. The van der Waals surface area contributed by atoms with Crippen LogP contribution in [-0.2, 0) is 10.3 Å². The zero-order valence-corrected chi connectivity index (χ0v) is 9.24. The summed E-state index contributed by atoms with van der Waals surface area (Å²) in [5.41, 5.74) is -1.49. The van der Waals surface area contributed by atoms with Crippen molar-refractivity contribution in [2.45, 2.75) is 24.8 Å². The number of carboxylic acids is 1. The number of carboxylic acid groups (broad SMARTS) is 1. The third-order valence-corrected chi connectivity index (χ3v) is 3.24. The Morgan fingerprint density at radius 3 is 2.50 bits per heavy atom. The van der Waals surface area contributed by atoms with Crippen molar-refractivity contribution in [3.05, 3.63) is 34.9 Å². The molecule has 0 unspecified atom stereocenters. The molecule has 94 valence electrons. The average molecular weight is 253 g/mol. The smallest absolute Gasteiger partial charge is 0.338 e. The lowest BCUT2D eigenvalue weighted by atomic mass is 9.72. The highest BCUT2D eigenvalue weighted by molar-refractivity contribution is 5.88. The van der Waals surface area contributed by atoms with Crippen LogP contribution >= 0.6 is 0 Å². The number of carbonyl (C=O) groups excluding carboxylic acids is 1. The monoisotopic (exact) mass is 253 g/mol. The summed E-state index contributed by atoms with van der Waals surface area (Å²) in [7, 11) is 0. The van der Waals surface area contributed by atoms with Gasteiger partial charge < -0.3 is 5.11 Å². The topological polar surface area (TPSA) is 66.7 Å². The van der Waals surface area contributed by atoms with Crippen molar-refractivity contribution in [2.75, 3.05) is 0 Å². The number of rotatable bonds is 3. The minimum absolute atomic E-state index is 0.202. The Morgan fingerprint density at radius 1 is 1.39 bits per heavy atom. The van der Waals surface area contributed by atoms with Gasteiger partial charge in [-0.2, -0.15) is 4.99 Å². The molecule has 0 saturated heterocycles. The van der Waals surface area contributed by atoms with Crippen molar-refractivity contribution < 1.29 is 23.5 Å². The molecule has 4 nitrogen and oxygen atoms in total. The first kappa shape index (κ1) is 12.4. The maximum atomic E-state index is 13.4. The van der Waals surface area contributed by atoms with Gasteiger partial charge in [0, 0.05) is 0 Å². The fourth-order valence-electron chi connectivity index (χ4n) is 2.08. The van der Waals surface area contributed by atoms with E-state index in [0.717, 1.165) is 18.6 Å². The van der Waals surface area contributed by atoms with E-state index in [0.29, 0.717) is 12.8 Å². The van der Waals surface area contributed by atoms with E-state index in [-0.39, 0.29) is 5.56 Å². The molecule has 0 aromatic heterocycles. The first-order valence-corrected chi connectivity index (χ1v) is 5.32. The van der Waals surface area contributed by atoms with Crippen molar-refractivity contribution in [1.29, 1.82) is 0 Å². The van der Waals surface area contributed by atoms with E-state index < -0.39 is 28.7 Å². The SMILES string of the molecule is O=C=NC1(c2cc(F)c(F)c(C(=O)O)c2)CCC1. The Balaban J connectivity index is 2.58. The number of aromatic carboxylic acids is 1. The zero-order chi connectivity index (χ0) is 13.3. The predicted molar refractivity (Wildman–Crippen MR) is 57.0 cm³/mol. The van der Waals surface area contributed by atoms with Gasteiger partial charge in [-0.05, 0) is 37.0 Å². The number of nitrogens with zero attached hydrogens (tertiary/aromatic N) is 1. The molecule has 1 aliphatic carbocycles. The number of carbonyl (C=O) groups is 1. The summed E-state index contributed by atoms with van der Waals surface area (Å²) in [6.07, 6.45) is 3.17. The van der Waals surface area contributed by atoms with Gasteiger partial charge in [-0.1, -0.05) is 0 Å². The molecule has 0 aliphatic heterocycles. The number of hydrogen-bond donors (Lipinski definition) is 1. The summed E-state index contributed by atoms with van der Waals surface area (Å²) in [6.45, 7) is 0. The van der Waals surface area contributed by atoms with Crippen LogP contribution in [0.3, 0.4) is 0 Å². The Hall–Kier alpha value is -2.07. The summed E-state index contributed by atoms with van der Waals surface area (Å²) < 4.78 is 26.6. The molecular weight excluding hydrogens is 244 g/mol. The molecule has 0 spiro atoms. The quantitative estimate of drug-likeness (QED) is 0.664. The Labute approximate surface area is 101 Å². The summed E-state index contributed by atoms with van der Waals surface area (Å²) in [5, 5.41) is 8.79. The lowest BCUT2D eigenvalue weighted by molar-refractivity contribution is 0.0690. The third-order valence-electron chi connectivity index (χ3n) is 3.24. The fraction of sp³-hybridized carbons (Fsp3) is 0.333. The van der Waals surface area contributed by atoms with E-state index in [1.54, 1.807) is 0 Å². The molecule has 1 fully saturated rings. The van der Waals surface area contributed by atoms with Gasteiger partial charge in [-0.15, -0.1) is 0 Å². The van der Waals surface area contributed by atoms with Crippen LogP contribution < -0.4 is 0 Å². The summed E-state index contributed by atoms with van der Waals surface area (Å²) in [4.78, 5) is 24.8. The van der Waals surface area contributed by atoms with E-state index in [4.69, 9.17) is 5.11 Å². The second-order valence-electron chi connectivity index (χ2n) is 4.21.